The molecule has 0 aromatic carbocycles. The molecule has 0 aromatic heterocycles. The Kier molecular flexibility index (Phi) is 45.6. The Bertz CT molecular complexity index is 257. The van der Waals surface area contributed by atoms with Crippen molar-refractivity contribution in [2.75, 3.05) is 41.3 Å². The Labute approximate surface area is 149 Å². The SMILES string of the molecule is CC(=O)O.CC(=O)O.CC(=O)O.CC(=O)[O-].C[N+](C)(C)C.NCCN. The number of quaternary nitrogens is 1. The predicted octanol–water partition coefficient (Wildman–Crippen LogP) is -1.74. The van der Waals surface area contributed by atoms with Gasteiger partial charge < -0.3 is 41.2 Å². The van der Waals surface area contributed by atoms with Crippen LogP contribution in [-0.4, -0.2) is 85.0 Å². The van der Waals surface area contributed by atoms with E-state index in [9.17, 15) is 0 Å². The summed E-state index contributed by atoms with van der Waals surface area (Å²) in [7, 11) is 8.50. The third-order valence-corrected chi connectivity index (χ3v) is 0.167. The van der Waals surface area contributed by atoms with Gasteiger partial charge in [-0.15, -0.1) is 0 Å². The fraction of sp³-hybridized carbons (Fsp3) is 0.714. The predicted molar refractivity (Wildman–Crippen MR) is 92.7 cm³/mol. The van der Waals surface area contributed by atoms with Crippen molar-refractivity contribution in [3.63, 3.8) is 0 Å². The molecule has 0 amide bonds. The van der Waals surface area contributed by atoms with Gasteiger partial charge in [-0.3, -0.25) is 14.4 Å². The standard InChI is InChI=1S/C4H12N.C2H8N2.4C2H4O2/c1-5(2,3)4;3-1-2-4;4*1-2(3)4/h1-4H3;1-4H2;4*1H3,(H,3,4)/q+1;;;;;/p-1. The molecule has 154 valence electrons. The highest BCUT2D eigenvalue weighted by atomic mass is 16.4. The normalized spacial score (nSPS) is 7.60. The lowest BCUT2D eigenvalue weighted by molar-refractivity contribution is -0.849. The Hall–Kier alpha value is -2.24. The van der Waals surface area contributed by atoms with Crippen LogP contribution in [0.2, 0.25) is 0 Å². The quantitative estimate of drug-likeness (QED) is 0.328. The van der Waals surface area contributed by atoms with Gasteiger partial charge in [0, 0.05) is 39.8 Å². The molecule has 0 radical (unpaired) electrons. The van der Waals surface area contributed by atoms with Crippen LogP contribution in [-0.2, 0) is 19.2 Å². The molecule has 11 heteroatoms. The van der Waals surface area contributed by atoms with Gasteiger partial charge in [0.25, 0.3) is 17.9 Å². The Balaban J connectivity index is -0.0000000434. The van der Waals surface area contributed by atoms with E-state index in [1.807, 2.05) is 0 Å². The number of rotatable bonds is 1. The van der Waals surface area contributed by atoms with Crippen molar-refractivity contribution < 1.29 is 44.1 Å². The fourth-order valence-corrected chi connectivity index (χ4v) is 0. The molecular formula is C14H35N3O8. The summed E-state index contributed by atoms with van der Waals surface area (Å²) in [6.07, 6.45) is 0. The van der Waals surface area contributed by atoms with Crippen LogP contribution in [0.25, 0.3) is 0 Å². The monoisotopic (exact) mass is 373 g/mol. The van der Waals surface area contributed by atoms with Gasteiger partial charge in [-0.2, -0.15) is 0 Å². The summed E-state index contributed by atoms with van der Waals surface area (Å²) in [5, 5.41) is 31.1. The fourth-order valence-electron chi connectivity index (χ4n) is 0. The van der Waals surface area contributed by atoms with Gasteiger partial charge in [0.05, 0.1) is 28.2 Å². The molecule has 0 bridgehead atoms. The number of carbonyl (C=O) groups is 4. The second-order valence-electron chi connectivity index (χ2n) is 5.31. The highest BCUT2D eigenvalue weighted by molar-refractivity contribution is 5.63. The number of aliphatic carboxylic acids is 4. The van der Waals surface area contributed by atoms with E-state index in [0.717, 1.165) is 32.2 Å². The highest BCUT2D eigenvalue weighted by Gasteiger charge is 1.88. The molecule has 0 atom stereocenters. The van der Waals surface area contributed by atoms with Crippen LogP contribution in [0.15, 0.2) is 0 Å². The van der Waals surface area contributed by atoms with Gasteiger partial charge >= 0.3 is 0 Å². The minimum atomic E-state index is -1.08. The summed E-state index contributed by atoms with van der Waals surface area (Å²) in [5.41, 5.74) is 9.81. The molecule has 0 fully saturated rings. The maximum absolute atomic E-state index is 9.00. The van der Waals surface area contributed by atoms with Crippen LogP contribution in [0.3, 0.4) is 0 Å². The highest BCUT2D eigenvalue weighted by Crippen LogP contribution is 1.73. The molecule has 0 aromatic rings. The third kappa shape index (κ3) is 5530. The van der Waals surface area contributed by atoms with Crippen molar-refractivity contribution >= 4 is 23.9 Å². The Morgan fingerprint density at radius 1 is 0.720 bits per heavy atom. The van der Waals surface area contributed by atoms with E-state index < -0.39 is 23.9 Å². The van der Waals surface area contributed by atoms with Gasteiger partial charge in [0.1, 0.15) is 0 Å². The molecule has 7 N–H and O–H groups in total. The minimum absolute atomic E-state index is 0.597. The van der Waals surface area contributed by atoms with Crippen LogP contribution in [0.5, 0.6) is 0 Å². The van der Waals surface area contributed by atoms with Crippen LogP contribution in [0, 0.1) is 0 Å². The van der Waals surface area contributed by atoms with Crippen molar-refractivity contribution in [2.24, 2.45) is 11.5 Å². The molecule has 0 rings (SSSR count). The number of nitrogens with two attached hydrogens (primary N) is 2. The summed E-state index contributed by atoms with van der Waals surface area (Å²) in [4.78, 5) is 35.9. The lowest BCUT2D eigenvalue weighted by Gasteiger charge is -2.14. The number of hydrogen-bond acceptors (Lipinski definition) is 7. The zero-order valence-electron chi connectivity index (χ0n) is 16.4. The molecule has 0 aliphatic heterocycles. The molecule has 0 saturated carbocycles. The number of carboxylic acids is 4. The van der Waals surface area contributed by atoms with Gasteiger partial charge in [0.15, 0.2) is 0 Å². The van der Waals surface area contributed by atoms with Crippen molar-refractivity contribution in [1.82, 2.24) is 0 Å². The van der Waals surface area contributed by atoms with Crippen LogP contribution < -0.4 is 16.6 Å². The van der Waals surface area contributed by atoms with E-state index in [4.69, 9.17) is 51.1 Å². The molecular weight excluding hydrogens is 338 g/mol. The summed E-state index contributed by atoms with van der Waals surface area (Å²) >= 11 is 0. The van der Waals surface area contributed by atoms with E-state index in [0.29, 0.717) is 13.1 Å². The average molecular weight is 373 g/mol. The van der Waals surface area contributed by atoms with Gasteiger partial charge in [-0.25, -0.2) is 0 Å². The minimum Gasteiger partial charge on any atom is -0.550 e. The molecule has 0 unspecified atom stereocenters. The van der Waals surface area contributed by atoms with Gasteiger partial charge in [0.2, 0.25) is 0 Å². The van der Waals surface area contributed by atoms with E-state index >= 15 is 0 Å². The lowest BCUT2D eigenvalue weighted by Crippen LogP contribution is -2.27. The van der Waals surface area contributed by atoms with Crippen LogP contribution >= 0.6 is 0 Å². The summed E-state index contributed by atoms with van der Waals surface area (Å²) in [6.45, 7) is 5.42. The first-order chi connectivity index (χ1) is 10.8. The number of carboxylic acid groups (broad SMARTS) is 4. The second-order valence-corrected chi connectivity index (χ2v) is 5.31. The Morgan fingerprint density at radius 3 is 0.760 bits per heavy atom. The molecule has 25 heavy (non-hydrogen) atoms. The van der Waals surface area contributed by atoms with Crippen molar-refractivity contribution in [3.05, 3.63) is 0 Å². The average Bonchev–Trinajstić information content (AvgIpc) is 2.22. The molecule has 0 heterocycles. The molecule has 0 saturated heterocycles. The molecule has 0 spiro atoms. The second kappa shape index (κ2) is 29.7. The number of hydrogen-bond donors (Lipinski definition) is 5. The maximum Gasteiger partial charge on any atom is 0.300 e. The van der Waals surface area contributed by atoms with E-state index in [1.165, 1.54) is 0 Å². The first kappa shape index (κ1) is 38.4. The van der Waals surface area contributed by atoms with Crippen LogP contribution in [0.1, 0.15) is 27.7 Å². The molecule has 0 aliphatic carbocycles. The summed E-state index contributed by atoms with van der Waals surface area (Å²) < 4.78 is 1.00. The zero-order chi connectivity index (χ0) is 22.2. The van der Waals surface area contributed by atoms with E-state index in [1.54, 1.807) is 0 Å². The summed E-state index contributed by atoms with van der Waals surface area (Å²) in [6, 6.07) is 0. The Morgan fingerprint density at radius 2 is 0.760 bits per heavy atom. The van der Waals surface area contributed by atoms with Crippen molar-refractivity contribution in [3.8, 4) is 0 Å². The molecule has 0 aliphatic rings. The molecule has 11 nitrogen and oxygen atoms in total. The van der Waals surface area contributed by atoms with Gasteiger partial charge in [-0.05, 0) is 6.92 Å². The topological polar surface area (TPSA) is 204 Å². The van der Waals surface area contributed by atoms with E-state index in [-0.39, 0.29) is 0 Å². The number of nitrogens with zero attached hydrogens (tertiary/aromatic N) is 1. The van der Waals surface area contributed by atoms with Crippen LogP contribution in [0.4, 0.5) is 0 Å². The number of carbonyl (C=O) groups excluding carboxylic acids is 1. The maximum atomic E-state index is 9.00. The van der Waals surface area contributed by atoms with E-state index in [2.05, 4.69) is 28.2 Å². The van der Waals surface area contributed by atoms with Gasteiger partial charge in [-0.1, -0.05) is 0 Å². The smallest absolute Gasteiger partial charge is 0.300 e. The lowest BCUT2D eigenvalue weighted by atomic mass is 10.7. The first-order valence-corrected chi connectivity index (χ1v) is 6.80. The van der Waals surface area contributed by atoms with Crippen molar-refractivity contribution in [2.45, 2.75) is 27.7 Å². The largest absolute Gasteiger partial charge is 0.550 e. The first-order valence-electron chi connectivity index (χ1n) is 6.80. The zero-order valence-corrected chi connectivity index (χ0v) is 16.4. The third-order valence-electron chi connectivity index (χ3n) is 0.167. The summed E-state index contributed by atoms with van der Waals surface area (Å²) in [5.74, 6) is -3.58. The van der Waals surface area contributed by atoms with Crippen molar-refractivity contribution in [1.29, 1.82) is 0 Å².